The number of aromatic amines is 1. The van der Waals surface area contributed by atoms with Crippen LogP contribution in [0, 0.1) is 12.7 Å². The van der Waals surface area contributed by atoms with Gasteiger partial charge in [0.05, 0.1) is 37.5 Å². The molecular weight excluding hydrogens is 952 g/mol. The molecule has 1 aromatic heterocycles. The summed E-state index contributed by atoms with van der Waals surface area (Å²) in [4.78, 5) is 107. The predicted molar refractivity (Wildman–Crippen MR) is 260 cm³/mol. The fraction of sp³-hybridized carbons (Fsp3) is 0.383. The summed E-state index contributed by atoms with van der Waals surface area (Å²) >= 11 is 0. The number of H-pyrrole nitrogens is 1. The highest BCUT2D eigenvalue weighted by Crippen LogP contribution is 2.19. The molecule has 0 radical (unpaired) electrons. The summed E-state index contributed by atoms with van der Waals surface area (Å²) in [7, 11) is -4.30. The summed E-state index contributed by atoms with van der Waals surface area (Å²) in [6.45, 7) is 8.62. The molecule has 0 unspecified atom stereocenters. The Bertz CT molecular complexity index is 2450. The van der Waals surface area contributed by atoms with Gasteiger partial charge in [0.1, 0.15) is 17.9 Å². The van der Waals surface area contributed by atoms with Gasteiger partial charge in [-0.1, -0.05) is 83.5 Å². The maximum atomic E-state index is 12.8. The highest BCUT2D eigenvalue weighted by molar-refractivity contribution is 7.89. The second-order valence-corrected chi connectivity index (χ2v) is 16.3. The molecule has 4 aromatic rings. The molecule has 0 aliphatic rings. The molecule has 24 heteroatoms. The number of hydrogen-bond acceptors (Lipinski definition) is 11. The number of benzene rings is 3. The number of rotatable bonds is 22. The molecule has 4 rings (SSSR count). The number of primary amides is 1. The van der Waals surface area contributed by atoms with E-state index in [0.717, 1.165) is 34.9 Å². The van der Waals surface area contributed by atoms with Crippen LogP contribution in [0.2, 0.25) is 0 Å². The van der Waals surface area contributed by atoms with Crippen molar-refractivity contribution in [1.29, 1.82) is 0 Å². The molecule has 0 saturated carbocycles. The minimum absolute atomic E-state index is 0.0387. The number of aryl methyl sites for hydroxylation is 2. The highest BCUT2D eigenvalue weighted by atomic mass is 32.2. The van der Waals surface area contributed by atoms with Crippen LogP contribution in [-0.2, 0) is 66.0 Å². The Kier molecular flexibility index (Phi) is 30.8. The Balaban J connectivity index is 0.00000204. The van der Waals surface area contributed by atoms with Crippen LogP contribution in [0.1, 0.15) is 77.0 Å². The monoisotopic (exact) mass is 1020 g/mol. The first kappa shape index (κ1) is 63.3. The first-order valence-electron chi connectivity index (χ1n) is 22.2. The number of aliphatic carboxylic acids is 3. The average molecular weight is 1020 g/mol. The van der Waals surface area contributed by atoms with Gasteiger partial charge in [0.2, 0.25) is 45.5 Å². The molecular formula is C47H65FN8O14S. The van der Waals surface area contributed by atoms with Crippen LogP contribution in [0.25, 0.3) is 10.9 Å². The molecule has 12 N–H and O–H groups in total. The maximum absolute atomic E-state index is 12.8. The van der Waals surface area contributed by atoms with E-state index in [1.807, 2.05) is 56.7 Å². The minimum atomic E-state index is -4.30. The number of nitrogens with two attached hydrogens (primary N) is 1. The number of fused-ring (bicyclic) bond motifs is 1. The van der Waals surface area contributed by atoms with Gasteiger partial charge < -0.3 is 52.6 Å². The normalized spacial score (nSPS) is 11.0. The zero-order valence-electron chi connectivity index (χ0n) is 40.4. The van der Waals surface area contributed by atoms with Crippen LogP contribution in [0.3, 0.4) is 0 Å². The number of nitrogens with one attached hydrogen (secondary N) is 7. The molecule has 71 heavy (non-hydrogen) atoms. The molecule has 1 heterocycles. The third-order valence-electron chi connectivity index (χ3n) is 8.85. The lowest BCUT2D eigenvalue weighted by atomic mass is 10.0. The summed E-state index contributed by atoms with van der Waals surface area (Å²) in [6, 6.07) is 16.8. The number of halogens is 1. The molecule has 0 aliphatic carbocycles. The molecule has 0 fully saturated rings. The van der Waals surface area contributed by atoms with E-state index in [4.69, 9.17) is 15.9 Å². The summed E-state index contributed by atoms with van der Waals surface area (Å²) in [5.74, 6) is -8.15. The number of sulfonamides is 1. The van der Waals surface area contributed by atoms with Crippen LogP contribution in [0.4, 0.5) is 4.39 Å². The van der Waals surface area contributed by atoms with Crippen LogP contribution < -0.4 is 37.0 Å². The van der Waals surface area contributed by atoms with Crippen molar-refractivity contribution in [3.8, 4) is 0 Å². The van der Waals surface area contributed by atoms with Gasteiger partial charge in [-0.3, -0.25) is 43.2 Å². The Hall–Kier alpha value is -7.73. The number of carbonyl (C=O) groups is 9. The van der Waals surface area contributed by atoms with E-state index >= 15 is 0 Å². The number of para-hydroxylation sites is 1. The predicted octanol–water partition coefficient (Wildman–Crippen LogP) is 2.04. The Morgan fingerprint density at radius 3 is 1.69 bits per heavy atom. The fourth-order valence-electron chi connectivity index (χ4n) is 5.39. The van der Waals surface area contributed by atoms with Crippen molar-refractivity contribution in [3.05, 3.63) is 102 Å². The van der Waals surface area contributed by atoms with Crippen molar-refractivity contribution in [2.75, 3.05) is 26.2 Å². The van der Waals surface area contributed by atoms with Crippen molar-refractivity contribution in [1.82, 2.24) is 36.3 Å². The lowest BCUT2D eigenvalue weighted by Gasteiger charge is -2.18. The molecule has 390 valence electrons. The number of amides is 6. The second kappa shape index (κ2) is 34.5. The van der Waals surface area contributed by atoms with Crippen LogP contribution >= 0.6 is 0 Å². The molecule has 0 spiro atoms. The molecule has 0 bridgehead atoms. The zero-order chi connectivity index (χ0) is 54.1. The van der Waals surface area contributed by atoms with E-state index < -0.39 is 108 Å². The van der Waals surface area contributed by atoms with Crippen LogP contribution in [0.15, 0.2) is 83.9 Å². The topological polar surface area (TPSA) is 362 Å². The number of carboxylic acid groups (broad SMARTS) is 3. The Morgan fingerprint density at radius 2 is 1.20 bits per heavy atom. The molecule has 6 amide bonds. The van der Waals surface area contributed by atoms with Crippen molar-refractivity contribution in [2.24, 2.45) is 5.73 Å². The van der Waals surface area contributed by atoms with Gasteiger partial charge in [0.25, 0.3) is 0 Å². The Morgan fingerprint density at radius 1 is 0.676 bits per heavy atom. The quantitative estimate of drug-likeness (QED) is 0.0537. The summed E-state index contributed by atoms with van der Waals surface area (Å²) < 4.78 is 39.8. The fourth-order valence-corrected chi connectivity index (χ4v) is 6.59. The first-order valence-corrected chi connectivity index (χ1v) is 23.7. The van der Waals surface area contributed by atoms with Crippen molar-refractivity contribution in [2.45, 2.75) is 97.0 Å². The highest BCUT2D eigenvalue weighted by Gasteiger charge is 2.28. The molecule has 2 atom stereocenters. The van der Waals surface area contributed by atoms with E-state index in [1.54, 1.807) is 44.3 Å². The summed E-state index contributed by atoms with van der Waals surface area (Å²) in [5, 5.41) is 36.9. The molecule has 0 aliphatic heterocycles. The number of aromatic nitrogens is 1. The summed E-state index contributed by atoms with van der Waals surface area (Å²) in [5.41, 5.74) is 8.47. The number of carboxylic acids is 3. The van der Waals surface area contributed by atoms with Gasteiger partial charge in [0, 0.05) is 36.4 Å². The lowest BCUT2D eigenvalue weighted by molar-refractivity contribution is -0.140. The van der Waals surface area contributed by atoms with E-state index in [0.29, 0.717) is 5.56 Å². The summed E-state index contributed by atoms with van der Waals surface area (Å²) in [6.07, 6.45) is 2.82. The van der Waals surface area contributed by atoms with E-state index in [1.165, 1.54) is 24.3 Å². The van der Waals surface area contributed by atoms with E-state index in [9.17, 15) is 61.1 Å². The van der Waals surface area contributed by atoms with Gasteiger partial charge >= 0.3 is 17.9 Å². The maximum Gasteiger partial charge on any atom is 0.305 e. The smallest absolute Gasteiger partial charge is 0.305 e. The minimum Gasteiger partial charge on any atom is -0.481 e. The first-order chi connectivity index (χ1) is 33.5. The number of hydrogen-bond donors (Lipinski definition) is 11. The second-order valence-electron chi connectivity index (χ2n) is 14.6. The van der Waals surface area contributed by atoms with Gasteiger partial charge in [-0.05, 0) is 60.4 Å². The van der Waals surface area contributed by atoms with E-state index in [2.05, 4.69) is 31.6 Å². The van der Waals surface area contributed by atoms with Gasteiger partial charge in [0.15, 0.2) is 0 Å². The van der Waals surface area contributed by atoms with Crippen LogP contribution in [0.5, 0.6) is 0 Å². The average Bonchev–Trinajstić information content (AvgIpc) is 3.74. The van der Waals surface area contributed by atoms with Crippen molar-refractivity contribution < 1.29 is 71.3 Å². The SMILES string of the molecule is CC.CCC(=O)O.CCC(=O)O.CCCc1ccc(S(=O)(=O)N[C@H](CC(=O)O)C(=O)NCC(=O)NCC(=O)NCC(=O)N[C@@H](Cc2c[nH]c3ccccc23)C(=O)NCC(N)=O)cc1.Cc1cccc(F)c1. The van der Waals surface area contributed by atoms with E-state index in [-0.39, 0.29) is 30.0 Å². The lowest BCUT2D eigenvalue weighted by Crippen LogP contribution is -2.52. The van der Waals surface area contributed by atoms with Crippen molar-refractivity contribution in [3.63, 3.8) is 0 Å². The largest absolute Gasteiger partial charge is 0.481 e. The molecule has 0 saturated heterocycles. The zero-order valence-corrected chi connectivity index (χ0v) is 41.2. The third kappa shape index (κ3) is 27.8. The van der Waals surface area contributed by atoms with Crippen LogP contribution in [-0.4, -0.2) is 120 Å². The Labute approximate surface area is 411 Å². The van der Waals surface area contributed by atoms with Gasteiger partial charge in [-0.2, -0.15) is 4.72 Å². The van der Waals surface area contributed by atoms with Gasteiger partial charge in [-0.25, -0.2) is 12.8 Å². The standard InChI is InChI=1S/C32H40N8O10S.C7H7F.2C3H6O2.C2H6/c1-2-5-19-8-10-21(11-9-19)51(49,50)40-25(13-30(45)46)32(48)38-17-28(43)35-16-27(42)36-18-29(44)39-24(31(47)37-15-26(33)41)12-20-14-34-23-7-4-3-6-22(20)23;1-6-3-2-4-7(8)5-6;2*1-2-3(4)5;1-2/h3-4,6-11,14,24-25,34,40H,2,5,12-13,15-18H2,1H3,(H2,33,41)(H,35,43)(H,36,42)(H,37,47)(H,38,48)(H,39,44)(H,45,46);2-5H,1H3;2*2H2,1H3,(H,4,5);1-2H3/t24-,25+;;;;/m0..../s1. The third-order valence-corrected chi connectivity index (χ3v) is 10.3. The molecule has 22 nitrogen and oxygen atoms in total. The van der Waals surface area contributed by atoms with Crippen molar-refractivity contribution >= 4 is 74.3 Å². The molecule has 3 aromatic carbocycles. The number of carbonyl (C=O) groups excluding carboxylic acids is 6. The van der Waals surface area contributed by atoms with Gasteiger partial charge in [-0.15, -0.1) is 0 Å².